The summed E-state index contributed by atoms with van der Waals surface area (Å²) in [5.74, 6) is 1.49. The molecule has 1 saturated heterocycles. The predicted octanol–water partition coefficient (Wildman–Crippen LogP) is 2.21. The van der Waals surface area contributed by atoms with Gasteiger partial charge in [-0.3, -0.25) is 4.79 Å². The average molecular weight is 248 g/mol. The molecule has 0 spiro atoms. The van der Waals surface area contributed by atoms with Crippen molar-refractivity contribution >= 4 is 5.78 Å². The molecule has 4 heteroatoms. The molecular weight excluding hydrogens is 232 g/mol. The number of benzene rings is 1. The van der Waals surface area contributed by atoms with Crippen LogP contribution in [0.15, 0.2) is 18.2 Å². The molecule has 1 fully saturated rings. The molecule has 0 amide bonds. The summed E-state index contributed by atoms with van der Waals surface area (Å²) in [6.07, 6.45) is 2.58. The van der Waals surface area contributed by atoms with Crippen LogP contribution in [0.25, 0.3) is 0 Å². The van der Waals surface area contributed by atoms with Crippen molar-refractivity contribution in [1.29, 1.82) is 0 Å². The molecule has 1 aromatic rings. The molecule has 2 aliphatic rings. The molecule has 0 aromatic heterocycles. The maximum absolute atomic E-state index is 12.1. The van der Waals surface area contributed by atoms with Crippen LogP contribution < -0.4 is 9.47 Å². The molecule has 0 N–H and O–H groups in total. The van der Waals surface area contributed by atoms with Crippen molar-refractivity contribution in [3.8, 4) is 11.5 Å². The highest BCUT2D eigenvalue weighted by Crippen LogP contribution is 2.31. The molecule has 18 heavy (non-hydrogen) atoms. The van der Waals surface area contributed by atoms with Gasteiger partial charge in [-0.25, -0.2) is 0 Å². The molecule has 1 aromatic carbocycles. The van der Waals surface area contributed by atoms with E-state index in [1.165, 1.54) is 0 Å². The zero-order valence-electron chi connectivity index (χ0n) is 10.2. The topological polar surface area (TPSA) is 44.8 Å². The number of carbonyl (C=O) groups is 1. The van der Waals surface area contributed by atoms with Gasteiger partial charge in [0.25, 0.3) is 0 Å². The fourth-order valence-electron chi connectivity index (χ4n) is 2.35. The lowest BCUT2D eigenvalue weighted by Crippen LogP contribution is -2.16. The number of Topliss-reactive ketones (excluding diaryl/α,β-unsaturated/α-hetero) is 1. The first-order valence-electron chi connectivity index (χ1n) is 6.37. The molecule has 2 aliphatic heterocycles. The second-order valence-electron chi connectivity index (χ2n) is 4.62. The van der Waals surface area contributed by atoms with Crippen molar-refractivity contribution < 1.29 is 19.0 Å². The van der Waals surface area contributed by atoms with Crippen LogP contribution >= 0.6 is 0 Å². The van der Waals surface area contributed by atoms with Gasteiger partial charge in [-0.2, -0.15) is 0 Å². The minimum atomic E-state index is 0.0886. The fourth-order valence-corrected chi connectivity index (χ4v) is 2.35. The third kappa shape index (κ3) is 2.34. The van der Waals surface area contributed by atoms with Crippen LogP contribution in [0.1, 0.15) is 29.6 Å². The third-order valence-corrected chi connectivity index (χ3v) is 3.30. The highest BCUT2D eigenvalue weighted by molar-refractivity contribution is 5.97. The number of hydrogen-bond acceptors (Lipinski definition) is 4. The van der Waals surface area contributed by atoms with Gasteiger partial charge in [0.2, 0.25) is 0 Å². The highest BCUT2D eigenvalue weighted by atomic mass is 16.6. The second-order valence-corrected chi connectivity index (χ2v) is 4.62. The van der Waals surface area contributed by atoms with Gasteiger partial charge in [0.05, 0.1) is 6.10 Å². The first-order chi connectivity index (χ1) is 8.83. The Kier molecular flexibility index (Phi) is 3.19. The van der Waals surface area contributed by atoms with Gasteiger partial charge in [0.1, 0.15) is 13.2 Å². The molecule has 2 heterocycles. The molecule has 0 bridgehead atoms. The lowest BCUT2D eigenvalue weighted by atomic mass is 10.0. The van der Waals surface area contributed by atoms with E-state index in [4.69, 9.17) is 14.2 Å². The molecule has 3 rings (SSSR count). The highest BCUT2D eigenvalue weighted by Gasteiger charge is 2.21. The monoisotopic (exact) mass is 248 g/mol. The molecule has 4 nitrogen and oxygen atoms in total. The number of carbonyl (C=O) groups excluding carboxylic acids is 1. The Labute approximate surface area is 106 Å². The standard InChI is InChI=1S/C14H16O4/c15-12(9-11-2-1-5-16-11)10-3-4-13-14(8-10)18-7-6-17-13/h3-4,8,11H,1-2,5-7,9H2. The smallest absolute Gasteiger partial charge is 0.165 e. The maximum atomic E-state index is 12.1. The summed E-state index contributed by atoms with van der Waals surface area (Å²) in [5, 5.41) is 0. The van der Waals surface area contributed by atoms with Crippen molar-refractivity contribution in [3.63, 3.8) is 0 Å². The van der Waals surface area contributed by atoms with Gasteiger partial charge in [-0.05, 0) is 31.0 Å². The SMILES string of the molecule is O=C(CC1CCCO1)c1ccc2c(c1)OCCO2. The van der Waals surface area contributed by atoms with E-state index < -0.39 is 0 Å². The minimum absolute atomic E-state index is 0.0886. The van der Waals surface area contributed by atoms with Gasteiger partial charge in [0.15, 0.2) is 17.3 Å². The third-order valence-electron chi connectivity index (χ3n) is 3.30. The second kappa shape index (κ2) is 4.98. The summed E-state index contributed by atoms with van der Waals surface area (Å²) in [6.45, 7) is 1.88. The Morgan fingerprint density at radius 2 is 2.00 bits per heavy atom. The number of ether oxygens (including phenoxy) is 3. The molecule has 0 saturated carbocycles. The summed E-state index contributed by atoms with van der Waals surface area (Å²) in [4.78, 5) is 12.1. The van der Waals surface area contributed by atoms with Crippen molar-refractivity contribution in [2.75, 3.05) is 19.8 Å². The first kappa shape index (κ1) is 11.5. The van der Waals surface area contributed by atoms with Crippen molar-refractivity contribution in [2.45, 2.75) is 25.4 Å². The Morgan fingerprint density at radius 3 is 2.78 bits per heavy atom. The van der Waals surface area contributed by atoms with E-state index >= 15 is 0 Å². The first-order valence-corrected chi connectivity index (χ1v) is 6.37. The van der Waals surface area contributed by atoms with E-state index in [2.05, 4.69) is 0 Å². The molecule has 0 radical (unpaired) electrons. The summed E-state index contributed by atoms with van der Waals surface area (Å²) < 4.78 is 16.4. The Morgan fingerprint density at radius 1 is 1.17 bits per heavy atom. The Hall–Kier alpha value is -1.55. The average Bonchev–Trinajstić information content (AvgIpc) is 2.91. The molecule has 1 atom stereocenters. The fraction of sp³-hybridized carbons (Fsp3) is 0.500. The van der Waals surface area contributed by atoms with E-state index in [0.29, 0.717) is 30.9 Å². The zero-order valence-corrected chi connectivity index (χ0v) is 10.2. The largest absolute Gasteiger partial charge is 0.486 e. The lowest BCUT2D eigenvalue weighted by Gasteiger charge is -2.18. The lowest BCUT2D eigenvalue weighted by molar-refractivity contribution is 0.0775. The Bertz CT molecular complexity index is 449. The van der Waals surface area contributed by atoms with E-state index in [-0.39, 0.29) is 11.9 Å². The van der Waals surface area contributed by atoms with Crippen molar-refractivity contribution in [3.05, 3.63) is 23.8 Å². The van der Waals surface area contributed by atoms with Crippen molar-refractivity contribution in [2.24, 2.45) is 0 Å². The van der Waals surface area contributed by atoms with Gasteiger partial charge >= 0.3 is 0 Å². The Balaban J connectivity index is 1.73. The van der Waals surface area contributed by atoms with Crippen LogP contribution in [-0.4, -0.2) is 31.7 Å². The quantitative estimate of drug-likeness (QED) is 0.769. The van der Waals surface area contributed by atoms with Gasteiger partial charge in [-0.1, -0.05) is 0 Å². The van der Waals surface area contributed by atoms with Gasteiger partial charge < -0.3 is 14.2 Å². The number of fused-ring (bicyclic) bond motifs is 1. The van der Waals surface area contributed by atoms with Crippen LogP contribution in [0.5, 0.6) is 11.5 Å². The van der Waals surface area contributed by atoms with E-state index in [1.54, 1.807) is 18.2 Å². The van der Waals surface area contributed by atoms with Crippen molar-refractivity contribution in [1.82, 2.24) is 0 Å². The molecule has 1 unspecified atom stereocenters. The number of rotatable bonds is 3. The maximum Gasteiger partial charge on any atom is 0.165 e. The van der Waals surface area contributed by atoms with Crippen LogP contribution in [0, 0.1) is 0 Å². The van der Waals surface area contributed by atoms with E-state index in [1.807, 2.05) is 0 Å². The van der Waals surface area contributed by atoms with E-state index in [9.17, 15) is 4.79 Å². The van der Waals surface area contributed by atoms with Crippen LogP contribution in [0.4, 0.5) is 0 Å². The molecular formula is C14H16O4. The number of ketones is 1. The summed E-state index contributed by atoms with van der Waals surface area (Å²) in [5.41, 5.74) is 0.676. The summed E-state index contributed by atoms with van der Waals surface area (Å²) in [6, 6.07) is 5.37. The van der Waals surface area contributed by atoms with Crippen LogP contribution in [0.3, 0.4) is 0 Å². The summed E-state index contributed by atoms with van der Waals surface area (Å²) in [7, 11) is 0. The van der Waals surface area contributed by atoms with Crippen LogP contribution in [0.2, 0.25) is 0 Å². The molecule has 0 aliphatic carbocycles. The van der Waals surface area contributed by atoms with E-state index in [0.717, 1.165) is 25.2 Å². The zero-order chi connectivity index (χ0) is 12.4. The predicted molar refractivity (Wildman–Crippen MR) is 65.4 cm³/mol. The molecule has 96 valence electrons. The minimum Gasteiger partial charge on any atom is -0.486 e. The van der Waals surface area contributed by atoms with Crippen LogP contribution in [-0.2, 0) is 4.74 Å². The summed E-state index contributed by atoms with van der Waals surface area (Å²) >= 11 is 0. The number of hydrogen-bond donors (Lipinski definition) is 0. The van der Waals surface area contributed by atoms with Gasteiger partial charge in [-0.15, -0.1) is 0 Å². The normalized spacial score (nSPS) is 21.9. The van der Waals surface area contributed by atoms with Gasteiger partial charge in [0, 0.05) is 18.6 Å².